The van der Waals surface area contributed by atoms with E-state index in [1.165, 1.54) is 0 Å². The van der Waals surface area contributed by atoms with Crippen LogP contribution in [0.3, 0.4) is 0 Å². The molecule has 0 aliphatic heterocycles. The van der Waals surface area contributed by atoms with E-state index in [0.717, 1.165) is 11.1 Å². The van der Waals surface area contributed by atoms with Crippen molar-refractivity contribution in [1.82, 2.24) is 0 Å². The highest BCUT2D eigenvalue weighted by Crippen LogP contribution is 2.35. The van der Waals surface area contributed by atoms with E-state index < -0.39 is 11.9 Å². The maximum Gasteiger partial charge on any atom is 0.307 e. The highest BCUT2D eigenvalue weighted by atomic mass is 16.4. The number of hydrogen-bond acceptors (Lipinski definition) is 1. The van der Waals surface area contributed by atoms with Crippen LogP contribution in [-0.4, -0.2) is 11.1 Å². The smallest absolute Gasteiger partial charge is 0.307 e. The van der Waals surface area contributed by atoms with Gasteiger partial charge in [-0.05, 0) is 23.0 Å². The van der Waals surface area contributed by atoms with Crippen molar-refractivity contribution >= 4 is 5.97 Å². The van der Waals surface area contributed by atoms with Gasteiger partial charge in [0.1, 0.15) is 0 Å². The van der Waals surface area contributed by atoms with Crippen molar-refractivity contribution in [2.75, 3.05) is 0 Å². The standard InChI is InChI=1S/C18H20O2/c1-13(15-9-5-3-6-10-15)17(18(19)20)14(2)16-11-7-4-8-12-16/h3-14,17H,1-2H3,(H,19,20). The van der Waals surface area contributed by atoms with Crippen molar-refractivity contribution in [3.8, 4) is 0 Å². The molecule has 0 radical (unpaired) electrons. The number of carboxylic acids is 1. The molecule has 2 atom stereocenters. The molecule has 0 amide bonds. The van der Waals surface area contributed by atoms with Crippen molar-refractivity contribution < 1.29 is 9.90 Å². The Kier molecular flexibility index (Phi) is 4.57. The van der Waals surface area contributed by atoms with E-state index in [0.29, 0.717) is 0 Å². The Bertz CT molecular complexity index is 503. The third kappa shape index (κ3) is 3.08. The van der Waals surface area contributed by atoms with Gasteiger partial charge in [0.05, 0.1) is 5.92 Å². The molecular formula is C18H20O2. The van der Waals surface area contributed by atoms with Gasteiger partial charge in [-0.3, -0.25) is 4.79 Å². The summed E-state index contributed by atoms with van der Waals surface area (Å²) < 4.78 is 0. The van der Waals surface area contributed by atoms with Gasteiger partial charge < -0.3 is 5.11 Å². The van der Waals surface area contributed by atoms with Crippen LogP contribution in [0.5, 0.6) is 0 Å². The third-order valence-corrected chi connectivity index (χ3v) is 4.01. The molecule has 0 aliphatic carbocycles. The summed E-state index contributed by atoms with van der Waals surface area (Å²) in [6, 6.07) is 19.7. The molecule has 20 heavy (non-hydrogen) atoms. The summed E-state index contributed by atoms with van der Waals surface area (Å²) >= 11 is 0. The van der Waals surface area contributed by atoms with Gasteiger partial charge in [-0.2, -0.15) is 0 Å². The fourth-order valence-corrected chi connectivity index (χ4v) is 2.79. The van der Waals surface area contributed by atoms with Crippen molar-refractivity contribution in [3.05, 3.63) is 71.8 Å². The fraction of sp³-hybridized carbons (Fsp3) is 0.278. The molecule has 0 fully saturated rings. The Morgan fingerprint density at radius 2 is 1.15 bits per heavy atom. The van der Waals surface area contributed by atoms with E-state index in [1.54, 1.807) is 0 Å². The number of carboxylic acid groups (broad SMARTS) is 1. The van der Waals surface area contributed by atoms with Gasteiger partial charge in [-0.25, -0.2) is 0 Å². The SMILES string of the molecule is CC(c1ccccc1)C(C(=O)O)C(C)c1ccccc1. The van der Waals surface area contributed by atoms with Gasteiger partial charge in [0.25, 0.3) is 0 Å². The predicted molar refractivity (Wildman–Crippen MR) is 80.8 cm³/mol. The summed E-state index contributed by atoms with van der Waals surface area (Å²) in [6.07, 6.45) is 0. The van der Waals surface area contributed by atoms with Gasteiger partial charge in [0.2, 0.25) is 0 Å². The van der Waals surface area contributed by atoms with Crippen LogP contribution in [0.1, 0.15) is 36.8 Å². The Morgan fingerprint density at radius 3 is 1.45 bits per heavy atom. The second kappa shape index (κ2) is 6.38. The quantitative estimate of drug-likeness (QED) is 0.878. The van der Waals surface area contributed by atoms with Gasteiger partial charge in [0.15, 0.2) is 0 Å². The Morgan fingerprint density at radius 1 is 0.800 bits per heavy atom. The zero-order valence-corrected chi connectivity index (χ0v) is 11.9. The van der Waals surface area contributed by atoms with Crippen LogP contribution in [0.4, 0.5) is 0 Å². The minimum atomic E-state index is -0.738. The second-order valence-electron chi connectivity index (χ2n) is 5.26. The first-order valence-electron chi connectivity index (χ1n) is 6.94. The zero-order chi connectivity index (χ0) is 14.5. The lowest BCUT2D eigenvalue weighted by Gasteiger charge is -2.26. The summed E-state index contributed by atoms with van der Waals surface area (Å²) in [5.74, 6) is -1.22. The van der Waals surface area contributed by atoms with Crippen LogP contribution in [0.15, 0.2) is 60.7 Å². The number of benzene rings is 2. The molecular weight excluding hydrogens is 248 g/mol. The second-order valence-corrected chi connectivity index (χ2v) is 5.26. The van der Waals surface area contributed by atoms with Gasteiger partial charge >= 0.3 is 5.97 Å². The van der Waals surface area contributed by atoms with E-state index in [9.17, 15) is 9.90 Å². The highest BCUT2D eigenvalue weighted by molar-refractivity contribution is 5.72. The summed E-state index contributed by atoms with van der Waals surface area (Å²) in [5.41, 5.74) is 2.14. The molecule has 0 saturated heterocycles. The first-order chi connectivity index (χ1) is 9.61. The Labute approximate surface area is 120 Å². The number of rotatable bonds is 5. The maximum atomic E-state index is 11.7. The van der Waals surface area contributed by atoms with Gasteiger partial charge in [-0.15, -0.1) is 0 Å². The van der Waals surface area contributed by atoms with E-state index in [4.69, 9.17) is 0 Å². The third-order valence-electron chi connectivity index (χ3n) is 4.01. The normalized spacial score (nSPS) is 15.3. The molecule has 2 unspecified atom stereocenters. The number of aliphatic carboxylic acids is 1. The molecule has 0 spiro atoms. The summed E-state index contributed by atoms with van der Waals surface area (Å²) in [4.78, 5) is 11.7. The molecule has 0 aromatic heterocycles. The molecule has 2 nitrogen and oxygen atoms in total. The lowest BCUT2D eigenvalue weighted by atomic mass is 9.77. The monoisotopic (exact) mass is 268 g/mol. The molecule has 2 aromatic rings. The van der Waals surface area contributed by atoms with E-state index in [-0.39, 0.29) is 11.8 Å². The first kappa shape index (κ1) is 14.3. The minimum Gasteiger partial charge on any atom is -0.481 e. The Balaban J connectivity index is 2.30. The van der Waals surface area contributed by atoms with Crippen molar-refractivity contribution in [3.63, 3.8) is 0 Å². The van der Waals surface area contributed by atoms with Crippen molar-refractivity contribution in [2.24, 2.45) is 5.92 Å². The topological polar surface area (TPSA) is 37.3 Å². The number of hydrogen-bond donors (Lipinski definition) is 1. The van der Waals surface area contributed by atoms with Gasteiger partial charge in [0, 0.05) is 0 Å². The molecule has 2 heteroatoms. The molecule has 104 valence electrons. The van der Waals surface area contributed by atoms with Crippen LogP contribution in [-0.2, 0) is 4.79 Å². The average molecular weight is 268 g/mol. The van der Waals surface area contributed by atoms with E-state index >= 15 is 0 Å². The predicted octanol–water partition coefficient (Wildman–Crippen LogP) is 4.29. The van der Waals surface area contributed by atoms with Crippen LogP contribution in [0.2, 0.25) is 0 Å². The highest BCUT2D eigenvalue weighted by Gasteiger charge is 2.32. The summed E-state index contributed by atoms with van der Waals surface area (Å²) in [5, 5.41) is 9.64. The van der Waals surface area contributed by atoms with Crippen molar-refractivity contribution in [1.29, 1.82) is 0 Å². The lowest BCUT2D eigenvalue weighted by molar-refractivity contribution is -0.143. The largest absolute Gasteiger partial charge is 0.481 e. The maximum absolute atomic E-state index is 11.7. The molecule has 0 bridgehead atoms. The molecule has 2 rings (SSSR count). The zero-order valence-electron chi connectivity index (χ0n) is 11.9. The molecule has 1 N–H and O–H groups in total. The summed E-state index contributed by atoms with van der Waals surface area (Å²) in [6.45, 7) is 3.99. The first-order valence-corrected chi connectivity index (χ1v) is 6.94. The van der Waals surface area contributed by atoms with Crippen LogP contribution >= 0.6 is 0 Å². The van der Waals surface area contributed by atoms with Gasteiger partial charge in [-0.1, -0.05) is 74.5 Å². The van der Waals surface area contributed by atoms with E-state index in [1.807, 2.05) is 74.5 Å². The summed E-state index contributed by atoms with van der Waals surface area (Å²) in [7, 11) is 0. The molecule has 2 aromatic carbocycles. The van der Waals surface area contributed by atoms with Crippen LogP contribution < -0.4 is 0 Å². The van der Waals surface area contributed by atoms with Crippen molar-refractivity contribution in [2.45, 2.75) is 25.7 Å². The molecule has 0 heterocycles. The van der Waals surface area contributed by atoms with Crippen LogP contribution in [0, 0.1) is 5.92 Å². The fourth-order valence-electron chi connectivity index (χ4n) is 2.79. The minimum absolute atomic E-state index is 0.0242. The Hall–Kier alpha value is -2.09. The lowest BCUT2D eigenvalue weighted by Crippen LogP contribution is -2.25. The molecule has 0 saturated carbocycles. The average Bonchev–Trinajstić information content (AvgIpc) is 2.48. The van der Waals surface area contributed by atoms with E-state index in [2.05, 4.69) is 0 Å². The molecule has 0 aliphatic rings. The van der Waals surface area contributed by atoms with Crippen LogP contribution in [0.25, 0.3) is 0 Å². The number of carbonyl (C=O) groups is 1.